The first-order valence-electron chi connectivity index (χ1n) is 4.00. The van der Waals surface area contributed by atoms with E-state index in [9.17, 15) is 0 Å². The highest BCUT2D eigenvalue weighted by atomic mass is 15.3. The van der Waals surface area contributed by atoms with Crippen molar-refractivity contribution in [1.82, 2.24) is 14.8 Å². The van der Waals surface area contributed by atoms with Gasteiger partial charge in [-0.1, -0.05) is 6.07 Å². The Kier molecular flexibility index (Phi) is 1.96. The third-order valence-electron chi connectivity index (χ3n) is 1.84. The number of aromatic nitrogens is 2. The Labute approximate surface area is 75.9 Å². The van der Waals surface area contributed by atoms with Gasteiger partial charge in [0.25, 0.3) is 0 Å². The van der Waals surface area contributed by atoms with Crippen LogP contribution in [0, 0.1) is 0 Å². The zero-order valence-corrected chi connectivity index (χ0v) is 7.14. The van der Waals surface area contributed by atoms with E-state index in [2.05, 4.69) is 22.2 Å². The summed E-state index contributed by atoms with van der Waals surface area (Å²) >= 11 is 0. The summed E-state index contributed by atoms with van der Waals surface area (Å²) in [6.45, 7) is 4.04. The molecule has 2 aromatic rings. The Balaban J connectivity index is 2.31. The quantitative estimate of drug-likeness (QED) is 0.558. The number of nitrogens with zero attached hydrogens (tertiary/aromatic N) is 3. The van der Waals surface area contributed by atoms with Gasteiger partial charge in [0, 0.05) is 25.3 Å². The third-order valence-corrected chi connectivity index (χ3v) is 1.84. The molecule has 0 aliphatic carbocycles. The van der Waals surface area contributed by atoms with Crippen molar-refractivity contribution in [2.75, 3.05) is 0 Å². The first-order chi connectivity index (χ1) is 6.40. The Hall–Kier alpha value is -1.84. The molecule has 0 amide bonds. The lowest BCUT2D eigenvalue weighted by Gasteiger charge is -2.00. The van der Waals surface area contributed by atoms with Crippen molar-refractivity contribution in [2.24, 2.45) is 5.10 Å². The molecule has 0 atom stereocenters. The number of hydrazone groups is 1. The maximum Gasteiger partial charge on any atom is 0.136 e. The van der Waals surface area contributed by atoms with Gasteiger partial charge in [-0.3, -0.25) is 0 Å². The minimum absolute atomic E-state index is 0.692. The van der Waals surface area contributed by atoms with Crippen molar-refractivity contribution in [3.8, 4) is 0 Å². The van der Waals surface area contributed by atoms with E-state index in [1.807, 2.05) is 28.9 Å². The third kappa shape index (κ3) is 1.51. The molecule has 0 unspecified atom stereocenters. The molecule has 4 nitrogen and oxygen atoms in total. The van der Waals surface area contributed by atoms with Crippen LogP contribution in [-0.4, -0.2) is 16.1 Å². The van der Waals surface area contributed by atoms with Crippen LogP contribution in [-0.2, 0) is 6.54 Å². The van der Waals surface area contributed by atoms with Crippen LogP contribution in [0.3, 0.4) is 0 Å². The van der Waals surface area contributed by atoms with Crippen LogP contribution in [0.15, 0.2) is 35.8 Å². The van der Waals surface area contributed by atoms with E-state index in [-0.39, 0.29) is 0 Å². The molecular weight excluding hydrogens is 164 g/mol. The summed E-state index contributed by atoms with van der Waals surface area (Å²) in [6.07, 6.45) is 5.71. The average molecular weight is 174 g/mol. The number of imidazole rings is 1. The summed E-state index contributed by atoms with van der Waals surface area (Å²) in [5.74, 6) is 0. The summed E-state index contributed by atoms with van der Waals surface area (Å²) in [5.41, 5.74) is 4.91. The van der Waals surface area contributed by atoms with E-state index < -0.39 is 0 Å². The highest BCUT2D eigenvalue weighted by molar-refractivity contribution is 5.39. The number of rotatable bonds is 3. The second-order valence-electron chi connectivity index (χ2n) is 2.72. The fourth-order valence-corrected chi connectivity index (χ4v) is 1.22. The zero-order valence-electron chi connectivity index (χ0n) is 7.14. The summed E-state index contributed by atoms with van der Waals surface area (Å²) in [5, 5.41) is 3.57. The van der Waals surface area contributed by atoms with Gasteiger partial charge in [-0.2, -0.15) is 5.10 Å². The highest BCUT2D eigenvalue weighted by Crippen LogP contribution is 2.03. The Morgan fingerprint density at radius 3 is 3.31 bits per heavy atom. The van der Waals surface area contributed by atoms with E-state index in [0.29, 0.717) is 6.54 Å². The van der Waals surface area contributed by atoms with Gasteiger partial charge in [0.2, 0.25) is 0 Å². The second kappa shape index (κ2) is 3.26. The van der Waals surface area contributed by atoms with Crippen LogP contribution in [0.1, 0.15) is 5.56 Å². The molecule has 0 saturated heterocycles. The fourth-order valence-electron chi connectivity index (χ4n) is 1.22. The van der Waals surface area contributed by atoms with Crippen molar-refractivity contribution < 1.29 is 0 Å². The minimum Gasteiger partial charge on any atom is -0.307 e. The first kappa shape index (κ1) is 7.79. The van der Waals surface area contributed by atoms with Gasteiger partial charge in [0.05, 0.1) is 6.54 Å². The fraction of sp³-hybridized carbons (Fsp3) is 0.111. The molecule has 0 radical (unpaired) electrons. The van der Waals surface area contributed by atoms with Crippen molar-refractivity contribution in [3.63, 3.8) is 0 Å². The molecule has 0 aliphatic heterocycles. The van der Waals surface area contributed by atoms with Crippen LogP contribution < -0.4 is 5.43 Å². The molecule has 2 aromatic heterocycles. The minimum atomic E-state index is 0.692. The van der Waals surface area contributed by atoms with Gasteiger partial charge in [0.15, 0.2) is 0 Å². The largest absolute Gasteiger partial charge is 0.307 e. The molecule has 1 N–H and O–H groups in total. The molecule has 0 saturated carbocycles. The lowest BCUT2D eigenvalue weighted by Crippen LogP contribution is -2.04. The summed E-state index contributed by atoms with van der Waals surface area (Å²) in [4.78, 5) is 4.15. The predicted molar refractivity (Wildman–Crippen MR) is 51.6 cm³/mol. The van der Waals surface area contributed by atoms with Crippen molar-refractivity contribution >= 4 is 12.4 Å². The number of nitrogens with one attached hydrogen (secondary N) is 1. The van der Waals surface area contributed by atoms with Crippen molar-refractivity contribution in [3.05, 3.63) is 36.3 Å². The normalized spacial score (nSPS) is 10.2. The molecule has 66 valence electrons. The summed E-state index contributed by atoms with van der Waals surface area (Å²) in [7, 11) is 0. The van der Waals surface area contributed by atoms with E-state index >= 15 is 0 Å². The predicted octanol–water partition coefficient (Wildman–Crippen LogP) is 1.04. The molecule has 2 rings (SSSR count). The highest BCUT2D eigenvalue weighted by Gasteiger charge is 1.94. The summed E-state index contributed by atoms with van der Waals surface area (Å²) < 4.78 is 1.97. The van der Waals surface area contributed by atoms with Crippen LogP contribution >= 0.6 is 0 Å². The number of pyridine rings is 1. The molecule has 0 bridgehead atoms. The Morgan fingerprint density at radius 2 is 2.46 bits per heavy atom. The topological polar surface area (TPSA) is 41.7 Å². The molecule has 4 heteroatoms. The lowest BCUT2D eigenvalue weighted by atomic mass is 10.3. The summed E-state index contributed by atoms with van der Waals surface area (Å²) in [6, 6.07) is 3.99. The molecule has 2 heterocycles. The van der Waals surface area contributed by atoms with Crippen molar-refractivity contribution in [2.45, 2.75) is 6.54 Å². The molecule has 0 aliphatic rings. The van der Waals surface area contributed by atoms with Crippen LogP contribution in [0.4, 0.5) is 0 Å². The van der Waals surface area contributed by atoms with Gasteiger partial charge < -0.3 is 9.83 Å². The molecule has 0 aromatic carbocycles. The maximum absolute atomic E-state index is 4.15. The average Bonchev–Trinajstić information content (AvgIpc) is 2.61. The van der Waals surface area contributed by atoms with Gasteiger partial charge in [-0.25, -0.2) is 4.98 Å². The monoisotopic (exact) mass is 174 g/mol. The van der Waals surface area contributed by atoms with Crippen LogP contribution in [0.25, 0.3) is 5.65 Å². The van der Waals surface area contributed by atoms with Gasteiger partial charge in [-0.05, 0) is 11.6 Å². The van der Waals surface area contributed by atoms with Gasteiger partial charge >= 0.3 is 0 Å². The smallest absolute Gasteiger partial charge is 0.136 e. The van der Waals surface area contributed by atoms with Crippen LogP contribution in [0.5, 0.6) is 0 Å². The van der Waals surface area contributed by atoms with Crippen molar-refractivity contribution in [1.29, 1.82) is 0 Å². The SMILES string of the molecule is C=NNCc1ccc2nccn2c1. The van der Waals surface area contributed by atoms with E-state index in [0.717, 1.165) is 11.2 Å². The number of hydrogen-bond acceptors (Lipinski definition) is 3. The van der Waals surface area contributed by atoms with Gasteiger partial charge in [0.1, 0.15) is 5.65 Å². The molecule has 13 heavy (non-hydrogen) atoms. The lowest BCUT2D eigenvalue weighted by molar-refractivity contribution is 0.746. The standard InChI is InChI=1S/C9H10N4/c1-10-12-6-8-2-3-9-11-4-5-13(9)7-8/h2-5,7,12H,1,6H2. The Morgan fingerprint density at radius 1 is 1.54 bits per heavy atom. The molecule has 0 fully saturated rings. The number of fused-ring (bicyclic) bond motifs is 1. The van der Waals surface area contributed by atoms with Crippen LogP contribution in [0.2, 0.25) is 0 Å². The van der Waals surface area contributed by atoms with E-state index in [1.54, 1.807) is 6.20 Å². The Bertz CT molecular complexity index is 418. The second-order valence-corrected chi connectivity index (χ2v) is 2.72. The van der Waals surface area contributed by atoms with E-state index in [1.165, 1.54) is 0 Å². The number of hydrogen-bond donors (Lipinski definition) is 1. The maximum atomic E-state index is 4.15. The van der Waals surface area contributed by atoms with Gasteiger partial charge in [-0.15, -0.1) is 0 Å². The molecular formula is C9H10N4. The van der Waals surface area contributed by atoms with E-state index in [4.69, 9.17) is 0 Å². The first-order valence-corrected chi connectivity index (χ1v) is 4.00. The molecule has 0 spiro atoms. The zero-order chi connectivity index (χ0) is 9.10.